The van der Waals surface area contributed by atoms with Crippen molar-refractivity contribution < 1.29 is 9.15 Å². The average Bonchev–Trinajstić information content (AvgIpc) is 3.71. The van der Waals surface area contributed by atoms with Crippen molar-refractivity contribution in [3.05, 3.63) is 141 Å². The summed E-state index contributed by atoms with van der Waals surface area (Å²) in [5.74, 6) is 2.10. The summed E-state index contributed by atoms with van der Waals surface area (Å²) in [5.41, 5.74) is 5.63. The van der Waals surface area contributed by atoms with E-state index in [1.165, 1.54) is 5.56 Å². The molecule has 9 heteroatoms. The molecule has 0 aliphatic rings. The Labute approximate surface area is 249 Å². The van der Waals surface area contributed by atoms with Gasteiger partial charge in [0.1, 0.15) is 17.6 Å². The molecule has 0 radical (unpaired) electrons. The van der Waals surface area contributed by atoms with E-state index in [4.69, 9.17) is 9.15 Å². The molecule has 1 N–H and O–H groups in total. The molecule has 1 atom stereocenters. The van der Waals surface area contributed by atoms with E-state index in [1.807, 2.05) is 78.3 Å². The Hall–Kier alpha value is -5.02. The predicted molar refractivity (Wildman–Crippen MR) is 165 cm³/mol. The first kappa shape index (κ1) is 28.1. The van der Waals surface area contributed by atoms with Crippen LogP contribution >= 0.6 is 0 Å². The summed E-state index contributed by atoms with van der Waals surface area (Å²) in [7, 11) is 1.65. The lowest BCUT2D eigenvalue weighted by Crippen LogP contribution is -2.35. The van der Waals surface area contributed by atoms with Crippen LogP contribution in [0.4, 0.5) is 0 Å². The third kappa shape index (κ3) is 6.27. The van der Waals surface area contributed by atoms with Crippen molar-refractivity contribution >= 4 is 10.9 Å². The zero-order valence-electron chi connectivity index (χ0n) is 24.5. The predicted octanol–water partition coefficient (Wildman–Crippen LogP) is 5.77. The first-order valence-electron chi connectivity index (χ1n) is 14.3. The zero-order chi connectivity index (χ0) is 29.8. The van der Waals surface area contributed by atoms with Gasteiger partial charge in [-0.1, -0.05) is 42.5 Å². The normalized spacial score (nSPS) is 12.2. The summed E-state index contributed by atoms with van der Waals surface area (Å²) < 4.78 is 13.1. The van der Waals surface area contributed by atoms with Crippen LogP contribution in [0.1, 0.15) is 45.4 Å². The van der Waals surface area contributed by atoms with Gasteiger partial charge in [0.15, 0.2) is 5.82 Å². The Balaban J connectivity index is 1.49. The monoisotopic (exact) mass is 574 g/mol. The van der Waals surface area contributed by atoms with Gasteiger partial charge in [0.2, 0.25) is 0 Å². The maximum Gasteiger partial charge on any atom is 0.253 e. The number of tetrazole rings is 1. The molecule has 0 saturated carbocycles. The summed E-state index contributed by atoms with van der Waals surface area (Å²) in [6.07, 6.45) is 2.40. The van der Waals surface area contributed by atoms with E-state index in [0.29, 0.717) is 31.0 Å². The van der Waals surface area contributed by atoms with Gasteiger partial charge in [-0.15, -0.1) is 5.10 Å². The first-order chi connectivity index (χ1) is 21.0. The SMILES string of the molecule is COc1cccc(CN(Cc2ccco2)C(c2cc3cc(C)c(C)cc3[nH]c2=O)c2nnnn2CCc2ccccc2)c1. The molecule has 0 saturated heterocycles. The number of H-pyrrole nitrogens is 1. The largest absolute Gasteiger partial charge is 0.497 e. The second-order valence-electron chi connectivity index (χ2n) is 10.8. The van der Waals surface area contributed by atoms with Crippen LogP contribution in [-0.4, -0.2) is 37.2 Å². The van der Waals surface area contributed by atoms with Crippen molar-refractivity contribution in [3.8, 4) is 5.75 Å². The Kier molecular flexibility index (Phi) is 8.15. The number of furan rings is 1. The fourth-order valence-electron chi connectivity index (χ4n) is 5.49. The number of nitrogens with one attached hydrogen (secondary N) is 1. The fraction of sp³-hybridized carbons (Fsp3) is 0.235. The highest BCUT2D eigenvalue weighted by molar-refractivity contribution is 5.81. The van der Waals surface area contributed by atoms with Crippen LogP contribution in [-0.2, 0) is 26.1 Å². The first-order valence-corrected chi connectivity index (χ1v) is 14.3. The molecule has 1 unspecified atom stereocenters. The van der Waals surface area contributed by atoms with Crippen LogP contribution in [0.3, 0.4) is 0 Å². The van der Waals surface area contributed by atoms with Crippen molar-refractivity contribution in [2.75, 3.05) is 7.11 Å². The Morgan fingerprint density at radius 1 is 0.930 bits per heavy atom. The van der Waals surface area contributed by atoms with Gasteiger partial charge in [-0.2, -0.15) is 0 Å². The molecular weight excluding hydrogens is 540 g/mol. The highest BCUT2D eigenvalue weighted by Crippen LogP contribution is 2.31. The minimum absolute atomic E-state index is 0.187. The molecule has 3 aromatic heterocycles. The van der Waals surface area contributed by atoms with Crippen LogP contribution < -0.4 is 10.3 Å². The summed E-state index contributed by atoms with van der Waals surface area (Å²) in [5, 5.41) is 14.0. The number of rotatable bonds is 11. The van der Waals surface area contributed by atoms with Gasteiger partial charge in [-0.3, -0.25) is 9.69 Å². The van der Waals surface area contributed by atoms with E-state index in [2.05, 4.69) is 50.5 Å². The van der Waals surface area contributed by atoms with E-state index in [9.17, 15) is 4.79 Å². The minimum Gasteiger partial charge on any atom is -0.497 e. The number of hydrogen-bond donors (Lipinski definition) is 1. The van der Waals surface area contributed by atoms with Crippen molar-refractivity contribution in [2.45, 2.75) is 45.9 Å². The van der Waals surface area contributed by atoms with Gasteiger partial charge in [0, 0.05) is 24.2 Å². The van der Waals surface area contributed by atoms with Crippen LogP contribution in [0.5, 0.6) is 5.75 Å². The zero-order valence-corrected chi connectivity index (χ0v) is 24.5. The topological polar surface area (TPSA) is 102 Å². The number of methoxy groups -OCH3 is 1. The summed E-state index contributed by atoms with van der Waals surface area (Å²) in [4.78, 5) is 19.2. The smallest absolute Gasteiger partial charge is 0.253 e. The summed E-state index contributed by atoms with van der Waals surface area (Å²) in [6, 6.07) is 27.5. The Bertz CT molecular complexity index is 1880. The molecular formula is C34H34N6O3. The number of nitrogens with zero attached hydrogens (tertiary/aromatic N) is 5. The van der Waals surface area contributed by atoms with Crippen LogP contribution in [0.15, 0.2) is 100 Å². The maximum absolute atomic E-state index is 13.9. The lowest BCUT2D eigenvalue weighted by atomic mass is 10.00. The van der Waals surface area contributed by atoms with Gasteiger partial charge in [0.25, 0.3) is 5.56 Å². The number of hydrogen-bond acceptors (Lipinski definition) is 7. The van der Waals surface area contributed by atoms with Gasteiger partial charge in [-0.05, 0) is 101 Å². The Morgan fingerprint density at radius 2 is 1.74 bits per heavy atom. The molecule has 0 aliphatic heterocycles. The average molecular weight is 575 g/mol. The minimum atomic E-state index is -0.586. The summed E-state index contributed by atoms with van der Waals surface area (Å²) >= 11 is 0. The molecule has 0 bridgehead atoms. The molecule has 6 aromatic rings. The third-order valence-electron chi connectivity index (χ3n) is 7.87. The lowest BCUT2D eigenvalue weighted by molar-refractivity contribution is 0.178. The number of ether oxygens (including phenoxy) is 1. The van der Waals surface area contributed by atoms with E-state index >= 15 is 0 Å². The number of pyridine rings is 1. The highest BCUT2D eigenvalue weighted by Gasteiger charge is 2.31. The van der Waals surface area contributed by atoms with E-state index in [0.717, 1.165) is 45.5 Å². The third-order valence-corrected chi connectivity index (χ3v) is 7.87. The molecule has 218 valence electrons. The second-order valence-corrected chi connectivity index (χ2v) is 10.8. The maximum atomic E-state index is 13.9. The van der Waals surface area contributed by atoms with Crippen molar-refractivity contribution in [2.24, 2.45) is 0 Å². The Morgan fingerprint density at radius 3 is 2.53 bits per heavy atom. The van der Waals surface area contributed by atoms with E-state index < -0.39 is 6.04 Å². The van der Waals surface area contributed by atoms with Gasteiger partial charge in [0.05, 0.1) is 19.9 Å². The number of fused-ring (bicyclic) bond motifs is 1. The van der Waals surface area contributed by atoms with Crippen molar-refractivity contribution in [1.29, 1.82) is 0 Å². The quantitative estimate of drug-likeness (QED) is 0.210. The van der Waals surface area contributed by atoms with Gasteiger partial charge < -0.3 is 14.1 Å². The fourth-order valence-corrected chi connectivity index (χ4v) is 5.49. The number of benzene rings is 3. The van der Waals surface area contributed by atoms with Crippen LogP contribution in [0, 0.1) is 13.8 Å². The molecule has 43 heavy (non-hydrogen) atoms. The molecule has 0 spiro atoms. The number of aryl methyl sites for hydroxylation is 4. The molecule has 0 aliphatic carbocycles. The molecule has 6 rings (SSSR count). The molecule has 9 nitrogen and oxygen atoms in total. The number of aromatic amines is 1. The van der Waals surface area contributed by atoms with E-state index in [-0.39, 0.29) is 5.56 Å². The molecule has 0 amide bonds. The van der Waals surface area contributed by atoms with Crippen molar-refractivity contribution in [1.82, 2.24) is 30.1 Å². The van der Waals surface area contributed by atoms with Gasteiger partial charge in [-0.25, -0.2) is 4.68 Å². The van der Waals surface area contributed by atoms with Crippen LogP contribution in [0.2, 0.25) is 0 Å². The second kappa shape index (κ2) is 12.5. The summed E-state index contributed by atoms with van der Waals surface area (Å²) in [6.45, 7) is 5.58. The standard InChI is InChI=1S/C34H34N6O3/c1-23-17-27-20-30(34(41)35-31(27)18-24(23)2)32(33-36-37-38-40(33)15-14-25-9-5-4-6-10-25)39(22-29-13-8-16-43-29)21-26-11-7-12-28(19-26)42-3/h4-13,16-20,32H,14-15,21-22H2,1-3H3,(H,35,41). The van der Waals surface area contributed by atoms with Crippen molar-refractivity contribution in [3.63, 3.8) is 0 Å². The van der Waals surface area contributed by atoms with Crippen LogP contribution in [0.25, 0.3) is 10.9 Å². The lowest BCUT2D eigenvalue weighted by Gasteiger charge is -2.30. The number of aromatic nitrogens is 5. The van der Waals surface area contributed by atoms with Gasteiger partial charge >= 0.3 is 0 Å². The van der Waals surface area contributed by atoms with E-state index in [1.54, 1.807) is 13.4 Å². The molecule has 3 heterocycles. The molecule has 0 fully saturated rings. The molecule has 3 aromatic carbocycles. The highest BCUT2D eigenvalue weighted by atomic mass is 16.5.